The molecule has 2 N–H and O–H groups in total. The van der Waals surface area contributed by atoms with Gasteiger partial charge in [0.25, 0.3) is 0 Å². The number of carbonyl (C=O) groups is 1. The molecule has 0 heterocycles. The molecule has 1 aromatic rings. The largest absolute Gasteiger partial charge is 0.508 e. The number of phenolic OH excluding ortho intramolecular Hbond substituents is 1. The van der Waals surface area contributed by atoms with Crippen LogP contribution in [0.25, 0.3) is 0 Å². The number of anilines is 1. The molecule has 1 aromatic carbocycles. The van der Waals surface area contributed by atoms with E-state index in [0.29, 0.717) is 22.0 Å². The summed E-state index contributed by atoms with van der Waals surface area (Å²) in [6.45, 7) is 6.82. The monoisotopic (exact) mass is 309 g/mol. The predicted octanol–water partition coefficient (Wildman–Crippen LogP) is 4.84. The van der Waals surface area contributed by atoms with Crippen molar-refractivity contribution in [3.05, 3.63) is 23.2 Å². The van der Waals surface area contributed by atoms with E-state index < -0.39 is 0 Å². The third-order valence-electron chi connectivity index (χ3n) is 4.53. The van der Waals surface area contributed by atoms with Crippen LogP contribution in [0, 0.1) is 17.3 Å². The smallest absolute Gasteiger partial charge is 0.227 e. The summed E-state index contributed by atoms with van der Waals surface area (Å²) in [5.41, 5.74) is 0.888. The van der Waals surface area contributed by atoms with Gasteiger partial charge in [0.15, 0.2) is 0 Å². The minimum absolute atomic E-state index is 0.0370. The Hall–Kier alpha value is -1.22. The maximum Gasteiger partial charge on any atom is 0.227 e. The third-order valence-corrected chi connectivity index (χ3v) is 4.85. The predicted molar refractivity (Wildman–Crippen MR) is 86.6 cm³/mol. The summed E-state index contributed by atoms with van der Waals surface area (Å²) in [5.74, 6) is 0.894. The fraction of sp³-hybridized carbons (Fsp3) is 0.588. The Labute approximate surface area is 131 Å². The van der Waals surface area contributed by atoms with E-state index in [4.69, 9.17) is 11.6 Å². The van der Waals surface area contributed by atoms with E-state index in [0.717, 1.165) is 25.7 Å². The highest BCUT2D eigenvalue weighted by Crippen LogP contribution is 2.40. The zero-order valence-electron chi connectivity index (χ0n) is 12.9. The Morgan fingerprint density at radius 1 is 1.24 bits per heavy atom. The summed E-state index contributed by atoms with van der Waals surface area (Å²) >= 11 is 6.02. The zero-order valence-corrected chi connectivity index (χ0v) is 13.7. The van der Waals surface area contributed by atoms with Crippen molar-refractivity contribution >= 4 is 23.2 Å². The van der Waals surface area contributed by atoms with Crippen LogP contribution in [-0.2, 0) is 4.79 Å². The van der Waals surface area contributed by atoms with Crippen molar-refractivity contribution in [2.75, 3.05) is 5.32 Å². The molecular formula is C17H24ClNO2. The zero-order chi connectivity index (χ0) is 15.6. The van der Waals surface area contributed by atoms with E-state index in [1.54, 1.807) is 6.07 Å². The maximum atomic E-state index is 12.3. The van der Waals surface area contributed by atoms with Crippen LogP contribution in [-0.4, -0.2) is 11.0 Å². The second-order valence-electron chi connectivity index (χ2n) is 7.07. The van der Waals surface area contributed by atoms with E-state index in [1.165, 1.54) is 12.1 Å². The topological polar surface area (TPSA) is 49.3 Å². The summed E-state index contributed by atoms with van der Waals surface area (Å²) in [6, 6.07) is 4.60. The van der Waals surface area contributed by atoms with Gasteiger partial charge >= 0.3 is 0 Å². The van der Waals surface area contributed by atoms with E-state index in [9.17, 15) is 9.90 Å². The van der Waals surface area contributed by atoms with Crippen LogP contribution in [0.4, 0.5) is 5.69 Å². The Balaban J connectivity index is 1.93. The fourth-order valence-corrected chi connectivity index (χ4v) is 3.28. The van der Waals surface area contributed by atoms with Gasteiger partial charge in [0.2, 0.25) is 5.91 Å². The molecule has 1 aliphatic carbocycles. The van der Waals surface area contributed by atoms with Crippen LogP contribution < -0.4 is 5.32 Å². The van der Waals surface area contributed by atoms with E-state index in [1.807, 2.05) is 0 Å². The highest BCUT2D eigenvalue weighted by molar-refractivity contribution is 6.33. The molecule has 116 valence electrons. The molecular weight excluding hydrogens is 286 g/mol. The molecule has 21 heavy (non-hydrogen) atoms. The number of carbonyl (C=O) groups excluding carboxylic acids is 1. The van der Waals surface area contributed by atoms with Gasteiger partial charge < -0.3 is 10.4 Å². The number of benzene rings is 1. The first-order valence-electron chi connectivity index (χ1n) is 7.57. The molecule has 0 aromatic heterocycles. The van der Waals surface area contributed by atoms with Gasteiger partial charge in [-0.1, -0.05) is 32.4 Å². The van der Waals surface area contributed by atoms with E-state index in [2.05, 4.69) is 26.1 Å². The minimum Gasteiger partial charge on any atom is -0.508 e. The van der Waals surface area contributed by atoms with Crippen LogP contribution in [0.3, 0.4) is 0 Å². The average molecular weight is 310 g/mol. The maximum absolute atomic E-state index is 12.3. The molecule has 1 saturated carbocycles. The Bertz CT molecular complexity index is 514. The lowest BCUT2D eigenvalue weighted by Gasteiger charge is -2.36. The molecule has 3 nitrogen and oxygen atoms in total. The number of aromatic hydroxyl groups is 1. The number of amides is 1. The molecule has 1 amide bonds. The molecule has 2 rings (SSSR count). The SMILES string of the molecule is CC(C)(C)C1CCC(C(=O)Nc2ccc(O)cc2Cl)CC1. The Morgan fingerprint density at radius 2 is 1.86 bits per heavy atom. The molecule has 0 radical (unpaired) electrons. The lowest BCUT2D eigenvalue weighted by atomic mass is 9.69. The molecule has 0 spiro atoms. The highest BCUT2D eigenvalue weighted by Gasteiger charge is 2.32. The quantitative estimate of drug-likeness (QED) is 0.768. The van der Waals surface area contributed by atoms with Crippen molar-refractivity contribution in [1.82, 2.24) is 0 Å². The summed E-state index contributed by atoms with van der Waals surface area (Å²) in [7, 11) is 0. The van der Waals surface area contributed by atoms with Gasteiger partial charge in [-0.05, 0) is 49.1 Å². The van der Waals surface area contributed by atoms with Crippen molar-refractivity contribution in [3.8, 4) is 5.75 Å². The van der Waals surface area contributed by atoms with Gasteiger partial charge in [-0.2, -0.15) is 0 Å². The molecule has 0 saturated heterocycles. The number of nitrogens with one attached hydrogen (secondary N) is 1. The second-order valence-corrected chi connectivity index (χ2v) is 7.48. The summed E-state index contributed by atoms with van der Waals surface area (Å²) in [6.07, 6.45) is 4.07. The van der Waals surface area contributed by atoms with Crippen molar-refractivity contribution in [1.29, 1.82) is 0 Å². The second kappa shape index (κ2) is 6.27. The number of hydrogen-bond acceptors (Lipinski definition) is 2. The van der Waals surface area contributed by atoms with Gasteiger partial charge in [-0.25, -0.2) is 0 Å². The molecule has 0 bridgehead atoms. The molecule has 0 aliphatic heterocycles. The summed E-state index contributed by atoms with van der Waals surface area (Å²) in [4.78, 5) is 12.3. The Kier molecular flexibility index (Phi) is 4.82. The number of hydrogen-bond donors (Lipinski definition) is 2. The van der Waals surface area contributed by atoms with Crippen molar-refractivity contribution in [3.63, 3.8) is 0 Å². The van der Waals surface area contributed by atoms with Crippen molar-refractivity contribution in [2.24, 2.45) is 17.3 Å². The highest BCUT2D eigenvalue weighted by atomic mass is 35.5. The van der Waals surface area contributed by atoms with Gasteiger partial charge in [0.1, 0.15) is 5.75 Å². The number of halogens is 1. The van der Waals surface area contributed by atoms with Crippen LogP contribution in [0.15, 0.2) is 18.2 Å². The number of phenols is 1. The average Bonchev–Trinajstić information content (AvgIpc) is 2.41. The molecule has 0 unspecified atom stereocenters. The normalized spacial score (nSPS) is 22.9. The summed E-state index contributed by atoms with van der Waals surface area (Å²) in [5, 5.41) is 12.6. The first kappa shape index (κ1) is 16.2. The minimum atomic E-state index is 0.0370. The molecule has 1 aliphatic rings. The molecule has 1 fully saturated rings. The molecule has 4 heteroatoms. The summed E-state index contributed by atoms with van der Waals surface area (Å²) < 4.78 is 0. The van der Waals surface area contributed by atoms with Gasteiger partial charge in [0.05, 0.1) is 10.7 Å². The van der Waals surface area contributed by atoms with Crippen molar-refractivity contribution in [2.45, 2.75) is 46.5 Å². The van der Waals surface area contributed by atoms with E-state index in [-0.39, 0.29) is 17.6 Å². The van der Waals surface area contributed by atoms with Crippen LogP contribution >= 0.6 is 11.6 Å². The van der Waals surface area contributed by atoms with Crippen LogP contribution in [0.5, 0.6) is 5.75 Å². The lowest BCUT2D eigenvalue weighted by molar-refractivity contribution is -0.121. The van der Waals surface area contributed by atoms with Gasteiger partial charge in [-0.15, -0.1) is 0 Å². The first-order chi connectivity index (χ1) is 9.77. The van der Waals surface area contributed by atoms with E-state index >= 15 is 0 Å². The fourth-order valence-electron chi connectivity index (χ4n) is 3.06. The van der Waals surface area contributed by atoms with Crippen molar-refractivity contribution < 1.29 is 9.90 Å². The third kappa shape index (κ3) is 4.13. The Morgan fingerprint density at radius 3 is 2.38 bits per heavy atom. The number of rotatable bonds is 2. The standard InChI is InChI=1S/C17H24ClNO2/c1-17(2,3)12-6-4-11(5-7-12)16(21)19-15-9-8-13(20)10-14(15)18/h8-12,20H,4-7H2,1-3H3,(H,19,21). The van der Waals surface area contributed by atoms with Crippen LogP contribution in [0.2, 0.25) is 5.02 Å². The molecule has 0 atom stereocenters. The van der Waals surface area contributed by atoms with Crippen LogP contribution in [0.1, 0.15) is 46.5 Å². The van der Waals surface area contributed by atoms with Gasteiger partial charge in [-0.3, -0.25) is 4.79 Å². The lowest BCUT2D eigenvalue weighted by Crippen LogP contribution is -2.31. The first-order valence-corrected chi connectivity index (χ1v) is 7.94. The van der Waals surface area contributed by atoms with Gasteiger partial charge in [0, 0.05) is 12.0 Å².